The van der Waals surface area contributed by atoms with E-state index in [9.17, 15) is 13.2 Å². The van der Waals surface area contributed by atoms with Crippen molar-refractivity contribution in [3.05, 3.63) is 28.2 Å². The van der Waals surface area contributed by atoms with Crippen LogP contribution in [0.2, 0.25) is 5.02 Å². The minimum atomic E-state index is -4.43. The van der Waals surface area contributed by atoms with Crippen LogP contribution in [0.4, 0.5) is 13.2 Å². The largest absolute Gasteiger partial charge is 0.418 e. The van der Waals surface area contributed by atoms with Crippen molar-refractivity contribution in [2.75, 3.05) is 0 Å². The highest BCUT2D eigenvalue weighted by Crippen LogP contribution is 2.37. The number of hydrogen-bond acceptors (Lipinski definition) is 2. The number of halogens is 4. The highest BCUT2D eigenvalue weighted by molar-refractivity contribution is 7.16. The molecule has 0 saturated heterocycles. The summed E-state index contributed by atoms with van der Waals surface area (Å²) in [5.74, 6) is 0. The van der Waals surface area contributed by atoms with Crippen molar-refractivity contribution < 1.29 is 13.2 Å². The van der Waals surface area contributed by atoms with E-state index in [2.05, 4.69) is 10.5 Å². The van der Waals surface area contributed by atoms with Crippen molar-refractivity contribution in [3.8, 4) is 0 Å². The molecule has 1 aromatic carbocycles. The van der Waals surface area contributed by atoms with Crippen LogP contribution in [0.25, 0.3) is 10.2 Å². The van der Waals surface area contributed by atoms with Crippen LogP contribution in [-0.4, -0.2) is 4.98 Å². The van der Waals surface area contributed by atoms with Gasteiger partial charge < -0.3 is 0 Å². The molecule has 0 bridgehead atoms. The van der Waals surface area contributed by atoms with Gasteiger partial charge in [-0.15, -0.1) is 11.3 Å². The number of aromatic nitrogens is 1. The Morgan fingerprint density at radius 3 is 2.71 bits per heavy atom. The number of hydrogen-bond donors (Lipinski definition) is 0. The fraction of sp³-hybridized carbons (Fsp3) is 0.125. The van der Waals surface area contributed by atoms with Crippen LogP contribution >= 0.6 is 22.9 Å². The molecule has 0 saturated carbocycles. The normalized spacial score (nSPS) is 12.3. The Morgan fingerprint density at radius 1 is 1.36 bits per heavy atom. The van der Waals surface area contributed by atoms with E-state index in [1.54, 1.807) is 0 Å². The molecule has 1 aromatic heterocycles. The summed E-state index contributed by atoms with van der Waals surface area (Å²) in [7, 11) is 0. The van der Waals surface area contributed by atoms with Crippen LogP contribution in [0.3, 0.4) is 0 Å². The Labute approximate surface area is 86.1 Å². The second-order valence-electron chi connectivity index (χ2n) is 2.60. The molecule has 0 unspecified atom stereocenters. The lowest BCUT2D eigenvalue weighted by Crippen LogP contribution is -2.05. The second-order valence-corrected chi connectivity index (χ2v) is 3.87. The van der Waals surface area contributed by atoms with E-state index in [4.69, 9.17) is 11.6 Å². The maximum absolute atomic E-state index is 12.5. The molecule has 0 atom stereocenters. The molecular weight excluding hydrogens is 235 g/mol. The van der Waals surface area contributed by atoms with Crippen LogP contribution in [0.15, 0.2) is 12.1 Å². The van der Waals surface area contributed by atoms with Crippen LogP contribution in [-0.2, 0) is 6.18 Å². The molecule has 2 aromatic rings. The molecule has 0 aliphatic carbocycles. The molecule has 0 aliphatic rings. The third kappa shape index (κ3) is 1.57. The van der Waals surface area contributed by atoms with Gasteiger partial charge >= 0.3 is 6.18 Å². The molecule has 1 nitrogen and oxygen atoms in total. The summed E-state index contributed by atoms with van der Waals surface area (Å²) >= 11 is 6.56. The first-order valence-corrected chi connectivity index (χ1v) is 4.71. The fourth-order valence-electron chi connectivity index (χ4n) is 1.10. The van der Waals surface area contributed by atoms with Gasteiger partial charge in [-0.05, 0) is 12.1 Å². The molecule has 0 fully saturated rings. The van der Waals surface area contributed by atoms with E-state index < -0.39 is 11.7 Å². The number of nitrogens with zero attached hydrogens (tertiary/aromatic N) is 1. The maximum Gasteiger partial charge on any atom is 0.418 e. The van der Waals surface area contributed by atoms with Crippen LogP contribution < -0.4 is 0 Å². The third-order valence-corrected chi connectivity index (χ3v) is 2.59. The molecule has 1 radical (unpaired) electrons. The molecule has 6 heteroatoms. The quantitative estimate of drug-likeness (QED) is 0.679. The average Bonchev–Trinajstić information content (AvgIpc) is 2.47. The monoisotopic (exact) mass is 236 g/mol. The van der Waals surface area contributed by atoms with Crippen molar-refractivity contribution in [1.29, 1.82) is 0 Å². The van der Waals surface area contributed by atoms with E-state index in [1.165, 1.54) is 6.07 Å². The second kappa shape index (κ2) is 3.10. The van der Waals surface area contributed by atoms with Gasteiger partial charge in [0, 0.05) is 5.02 Å². The van der Waals surface area contributed by atoms with Gasteiger partial charge in [0.05, 0.1) is 15.8 Å². The summed E-state index contributed by atoms with van der Waals surface area (Å²) in [6.07, 6.45) is -4.43. The first-order valence-electron chi connectivity index (χ1n) is 3.52. The summed E-state index contributed by atoms with van der Waals surface area (Å²) < 4.78 is 37.8. The molecule has 0 N–H and O–H groups in total. The standard InChI is InChI=1S/C8H2ClF3NS/c9-4-1-5(8(10,11)12)7-6(2-4)14-3-13-7/h1-2H. The number of rotatable bonds is 0. The van der Waals surface area contributed by atoms with Crippen LogP contribution in [0.5, 0.6) is 0 Å². The minimum absolute atomic E-state index is 0.0578. The molecule has 2 rings (SSSR count). The van der Waals surface area contributed by atoms with Crippen molar-refractivity contribution in [1.82, 2.24) is 4.98 Å². The lowest BCUT2D eigenvalue weighted by atomic mass is 10.2. The smallest absolute Gasteiger partial charge is 0.233 e. The molecular formula is C8H2ClF3NS. The number of alkyl halides is 3. The van der Waals surface area contributed by atoms with Gasteiger partial charge in [0.1, 0.15) is 0 Å². The number of fused-ring (bicyclic) bond motifs is 1. The van der Waals surface area contributed by atoms with Crippen molar-refractivity contribution in [2.24, 2.45) is 0 Å². The first-order chi connectivity index (χ1) is 6.48. The molecule has 0 spiro atoms. The third-order valence-electron chi connectivity index (χ3n) is 1.66. The van der Waals surface area contributed by atoms with E-state index in [0.717, 1.165) is 17.4 Å². The zero-order chi connectivity index (χ0) is 10.3. The van der Waals surface area contributed by atoms with Crippen molar-refractivity contribution in [2.45, 2.75) is 6.18 Å². The van der Waals surface area contributed by atoms with Gasteiger partial charge in [-0.1, -0.05) is 11.6 Å². The first kappa shape index (κ1) is 9.73. The van der Waals surface area contributed by atoms with Gasteiger partial charge in [0.2, 0.25) is 0 Å². The predicted octanol–water partition coefficient (Wildman–Crippen LogP) is 3.77. The Balaban J connectivity index is 2.80. The summed E-state index contributed by atoms with van der Waals surface area (Å²) in [5.41, 5.74) is 1.51. The number of thiazole rings is 1. The highest BCUT2D eigenvalue weighted by Gasteiger charge is 2.34. The van der Waals surface area contributed by atoms with Crippen molar-refractivity contribution in [3.63, 3.8) is 0 Å². The predicted molar refractivity (Wildman–Crippen MR) is 48.5 cm³/mol. The lowest BCUT2D eigenvalue weighted by molar-refractivity contribution is -0.136. The Hall–Kier alpha value is -0.810. The van der Waals surface area contributed by atoms with Gasteiger partial charge in [0.25, 0.3) is 0 Å². The zero-order valence-corrected chi connectivity index (χ0v) is 8.09. The summed E-state index contributed by atoms with van der Waals surface area (Å²) in [4.78, 5) is 3.54. The highest BCUT2D eigenvalue weighted by atomic mass is 35.5. The topological polar surface area (TPSA) is 12.9 Å². The van der Waals surface area contributed by atoms with Crippen LogP contribution in [0.1, 0.15) is 5.56 Å². The molecule has 0 aliphatic heterocycles. The zero-order valence-electron chi connectivity index (χ0n) is 6.52. The summed E-state index contributed by atoms with van der Waals surface area (Å²) in [5, 5.41) is 0.0578. The Kier molecular flexibility index (Phi) is 2.16. The van der Waals surface area contributed by atoms with Gasteiger partial charge in [-0.2, -0.15) is 13.2 Å². The van der Waals surface area contributed by atoms with Gasteiger partial charge in [-0.3, -0.25) is 0 Å². The summed E-state index contributed by atoms with van der Waals surface area (Å²) in [6, 6.07) is 2.32. The fourth-order valence-corrected chi connectivity index (χ4v) is 2.06. The van der Waals surface area contributed by atoms with E-state index in [1.807, 2.05) is 0 Å². The SMILES string of the molecule is FC(F)(F)c1cc(Cl)cc2s[c]nc12. The lowest BCUT2D eigenvalue weighted by Gasteiger charge is -2.07. The molecule has 14 heavy (non-hydrogen) atoms. The van der Waals surface area contributed by atoms with Gasteiger partial charge in [-0.25, -0.2) is 4.98 Å². The van der Waals surface area contributed by atoms with Crippen LogP contribution in [0, 0.1) is 5.51 Å². The Bertz CT molecular complexity index is 477. The van der Waals surface area contributed by atoms with Gasteiger partial charge in [0.15, 0.2) is 5.51 Å². The van der Waals surface area contributed by atoms with E-state index in [-0.39, 0.29) is 10.5 Å². The minimum Gasteiger partial charge on any atom is -0.233 e. The maximum atomic E-state index is 12.5. The molecule has 0 amide bonds. The Morgan fingerprint density at radius 2 is 2.07 bits per heavy atom. The number of benzene rings is 1. The van der Waals surface area contributed by atoms with E-state index >= 15 is 0 Å². The van der Waals surface area contributed by atoms with E-state index in [0.29, 0.717) is 4.70 Å². The summed E-state index contributed by atoms with van der Waals surface area (Å²) in [6.45, 7) is 0. The molecule has 73 valence electrons. The van der Waals surface area contributed by atoms with Crippen molar-refractivity contribution >= 4 is 33.2 Å². The average molecular weight is 237 g/mol. The molecule has 1 heterocycles.